The molecular weight excluding hydrogens is 906 g/mol. The largest absolute Gasteiger partial charge is 0.472 e. The van der Waals surface area contributed by atoms with Crippen molar-refractivity contribution in [3.8, 4) is 0 Å². The minimum atomic E-state index is -4.40. The summed E-state index contributed by atoms with van der Waals surface area (Å²) in [5, 5.41) is 0. The Morgan fingerprint density at radius 3 is 1.15 bits per heavy atom. The number of ether oxygens (including phenoxy) is 2. The van der Waals surface area contributed by atoms with Crippen LogP contribution >= 0.6 is 7.82 Å². The lowest BCUT2D eigenvalue weighted by molar-refractivity contribution is -0.161. The molecule has 0 aliphatic heterocycles. The van der Waals surface area contributed by atoms with Gasteiger partial charge in [-0.15, -0.1) is 0 Å². The molecule has 0 aromatic heterocycles. The van der Waals surface area contributed by atoms with Crippen LogP contribution in [-0.4, -0.2) is 49.3 Å². The third-order valence-corrected chi connectivity index (χ3v) is 12.6. The first kappa shape index (κ1) is 67.7. The number of carbonyl (C=O) groups excluding carboxylic acids is 2. The van der Waals surface area contributed by atoms with Crippen molar-refractivity contribution in [1.29, 1.82) is 0 Å². The lowest BCUT2D eigenvalue weighted by Gasteiger charge is -2.19. The maximum Gasteiger partial charge on any atom is 0.472 e. The molecule has 0 aliphatic carbocycles. The molecule has 0 radical (unpaired) electrons. The lowest BCUT2D eigenvalue weighted by Crippen LogP contribution is -2.29. The number of phosphoric ester groups is 1. The first-order chi connectivity index (χ1) is 34.8. The second kappa shape index (κ2) is 56.0. The van der Waals surface area contributed by atoms with Gasteiger partial charge in [-0.25, -0.2) is 4.57 Å². The highest BCUT2D eigenvalue weighted by molar-refractivity contribution is 7.47. The summed E-state index contributed by atoms with van der Waals surface area (Å²) in [6.45, 7) is 3.58. The first-order valence-electron chi connectivity index (χ1n) is 28.4. The quantitative estimate of drug-likeness (QED) is 0.0264. The van der Waals surface area contributed by atoms with Crippen LogP contribution in [0.2, 0.25) is 0 Å². The minimum absolute atomic E-state index is 0.0462. The molecule has 0 rings (SSSR count). The lowest BCUT2D eigenvalue weighted by atomic mass is 10.0. The van der Waals surface area contributed by atoms with Crippen LogP contribution < -0.4 is 5.73 Å². The molecule has 2 atom stereocenters. The molecule has 0 bridgehead atoms. The van der Waals surface area contributed by atoms with E-state index in [1.54, 1.807) is 0 Å². The predicted octanol–water partition coefficient (Wildman–Crippen LogP) is 17.8. The normalized spacial score (nSPS) is 13.9. The van der Waals surface area contributed by atoms with Gasteiger partial charge in [0.15, 0.2) is 6.10 Å². The molecule has 0 aromatic rings. The van der Waals surface area contributed by atoms with E-state index in [0.717, 1.165) is 103 Å². The zero-order chi connectivity index (χ0) is 51.7. The van der Waals surface area contributed by atoms with Crippen LogP contribution in [0.25, 0.3) is 0 Å². The van der Waals surface area contributed by atoms with Crippen molar-refractivity contribution in [2.45, 2.75) is 238 Å². The van der Waals surface area contributed by atoms with Gasteiger partial charge in [-0.2, -0.15) is 0 Å². The van der Waals surface area contributed by atoms with Crippen molar-refractivity contribution >= 4 is 19.8 Å². The number of phosphoric acid groups is 1. The van der Waals surface area contributed by atoms with Gasteiger partial charge in [0.25, 0.3) is 0 Å². The Hall–Kier alpha value is -3.33. The van der Waals surface area contributed by atoms with Crippen LogP contribution in [0.4, 0.5) is 0 Å². The highest BCUT2D eigenvalue weighted by atomic mass is 31.2. The molecule has 0 aromatic carbocycles. The van der Waals surface area contributed by atoms with E-state index in [9.17, 15) is 19.0 Å². The Balaban J connectivity index is 4.02. The number of unbranched alkanes of at least 4 members (excludes halogenated alkanes) is 21. The number of nitrogens with two attached hydrogens (primary N) is 1. The molecule has 3 N–H and O–H groups in total. The number of allylic oxidation sites excluding steroid dienone is 18. The highest BCUT2D eigenvalue weighted by Crippen LogP contribution is 2.43. The average molecular weight is 1010 g/mol. The van der Waals surface area contributed by atoms with Gasteiger partial charge in [0.05, 0.1) is 13.2 Å². The van der Waals surface area contributed by atoms with Crippen LogP contribution in [0.5, 0.6) is 0 Å². The Bertz CT molecular complexity index is 1530. The topological polar surface area (TPSA) is 134 Å². The van der Waals surface area contributed by atoms with Gasteiger partial charge in [-0.3, -0.25) is 18.6 Å². The van der Waals surface area contributed by atoms with Gasteiger partial charge in [0, 0.05) is 19.4 Å². The van der Waals surface area contributed by atoms with Gasteiger partial charge in [-0.1, -0.05) is 226 Å². The fraction of sp³-hybridized carbons (Fsp3) is 0.672. The van der Waals surface area contributed by atoms with E-state index < -0.39 is 32.5 Å². The monoisotopic (exact) mass is 1010 g/mol. The van der Waals surface area contributed by atoms with E-state index in [4.69, 9.17) is 24.3 Å². The first-order valence-corrected chi connectivity index (χ1v) is 29.9. The van der Waals surface area contributed by atoms with Crippen molar-refractivity contribution in [2.75, 3.05) is 26.4 Å². The molecule has 0 amide bonds. The smallest absolute Gasteiger partial charge is 0.462 e. The Labute approximate surface area is 435 Å². The Morgan fingerprint density at radius 1 is 0.437 bits per heavy atom. The van der Waals surface area contributed by atoms with Crippen LogP contribution in [0.3, 0.4) is 0 Å². The summed E-state index contributed by atoms with van der Waals surface area (Å²) >= 11 is 0. The summed E-state index contributed by atoms with van der Waals surface area (Å²) in [6.07, 6.45) is 75.6. The van der Waals surface area contributed by atoms with Crippen LogP contribution in [0, 0.1) is 0 Å². The second-order valence-corrected chi connectivity index (χ2v) is 19.9. The summed E-state index contributed by atoms with van der Waals surface area (Å²) < 4.78 is 33.0. The molecule has 71 heavy (non-hydrogen) atoms. The number of carbonyl (C=O) groups is 2. The molecular formula is C61H104NO8P. The Kier molecular flexibility index (Phi) is 53.3. The van der Waals surface area contributed by atoms with Gasteiger partial charge in [0.2, 0.25) is 0 Å². The number of hydrogen-bond donors (Lipinski definition) is 2. The third-order valence-electron chi connectivity index (χ3n) is 11.6. The molecule has 0 saturated heterocycles. The van der Waals surface area contributed by atoms with Crippen molar-refractivity contribution in [1.82, 2.24) is 0 Å². The zero-order valence-corrected chi connectivity index (χ0v) is 46.1. The van der Waals surface area contributed by atoms with E-state index >= 15 is 0 Å². The summed E-state index contributed by atoms with van der Waals surface area (Å²) in [4.78, 5) is 35.2. The molecule has 0 fully saturated rings. The number of esters is 2. The fourth-order valence-corrected chi connectivity index (χ4v) is 8.23. The molecule has 9 nitrogen and oxygen atoms in total. The summed E-state index contributed by atoms with van der Waals surface area (Å²) in [5.41, 5.74) is 5.38. The molecule has 0 saturated carbocycles. The van der Waals surface area contributed by atoms with Gasteiger partial charge < -0.3 is 20.1 Å². The zero-order valence-electron chi connectivity index (χ0n) is 45.2. The third kappa shape index (κ3) is 55.8. The van der Waals surface area contributed by atoms with E-state index in [1.807, 2.05) is 0 Å². The van der Waals surface area contributed by atoms with Gasteiger partial charge >= 0.3 is 19.8 Å². The fourth-order valence-electron chi connectivity index (χ4n) is 7.47. The van der Waals surface area contributed by atoms with E-state index in [-0.39, 0.29) is 32.6 Å². The Morgan fingerprint density at radius 2 is 0.775 bits per heavy atom. The molecule has 406 valence electrons. The molecule has 0 aliphatic rings. The average Bonchev–Trinajstić information content (AvgIpc) is 3.36. The van der Waals surface area contributed by atoms with E-state index in [1.165, 1.54) is 89.9 Å². The summed E-state index contributed by atoms with van der Waals surface area (Å²) in [6, 6.07) is 0. The van der Waals surface area contributed by atoms with Crippen molar-refractivity contribution in [2.24, 2.45) is 5.73 Å². The van der Waals surface area contributed by atoms with Crippen LogP contribution in [0.15, 0.2) is 109 Å². The highest BCUT2D eigenvalue weighted by Gasteiger charge is 2.26. The summed E-state index contributed by atoms with van der Waals surface area (Å²) in [7, 11) is -4.40. The summed E-state index contributed by atoms with van der Waals surface area (Å²) in [5.74, 6) is -0.848. The SMILES string of the molecule is CC/C=C\C/C=C\C/C=C\C/C=C\C/C=C\C/C=C\CCCCCCCCCCCCCCC(=O)OC(COC(=O)CCCCCCCC/C=C\C/C=C\C/C=C\CCCCC)COP(=O)(O)OCCN. The molecule has 2 unspecified atom stereocenters. The van der Waals surface area contributed by atoms with Crippen LogP contribution in [-0.2, 0) is 32.7 Å². The number of hydrogen-bond acceptors (Lipinski definition) is 8. The van der Waals surface area contributed by atoms with Gasteiger partial charge in [-0.05, 0) is 103 Å². The minimum Gasteiger partial charge on any atom is -0.462 e. The second-order valence-electron chi connectivity index (χ2n) is 18.4. The van der Waals surface area contributed by atoms with Crippen LogP contribution in [0.1, 0.15) is 232 Å². The van der Waals surface area contributed by atoms with E-state index in [2.05, 4.69) is 123 Å². The van der Waals surface area contributed by atoms with Gasteiger partial charge in [0.1, 0.15) is 6.61 Å². The molecule has 10 heteroatoms. The van der Waals surface area contributed by atoms with Crippen molar-refractivity contribution < 1.29 is 37.6 Å². The maximum atomic E-state index is 12.7. The van der Waals surface area contributed by atoms with E-state index in [0.29, 0.717) is 12.8 Å². The predicted molar refractivity (Wildman–Crippen MR) is 302 cm³/mol. The maximum absolute atomic E-state index is 12.7. The van der Waals surface area contributed by atoms with Crippen molar-refractivity contribution in [3.63, 3.8) is 0 Å². The molecule has 0 heterocycles. The molecule has 0 spiro atoms. The number of rotatable bonds is 52. The standard InChI is InChI=1S/C61H104NO8P/c1-3-5-7-9-11-13-15-17-19-21-23-24-25-26-27-28-29-30-31-32-33-34-36-38-40-42-44-46-48-50-52-54-61(64)70-59(58-69-71(65,66)68-56-55-62)57-67-60(63)53-51-49-47-45-43-41-39-37-35-22-20-18-16-14-12-10-8-6-4-2/h5,7,11-14,17-20,23-24,26-27,29-30,35,37,59H,3-4,6,8-10,15-16,21-22,25,28,31-34,36,38-58,62H2,1-2H3,(H,65,66)/b7-5-,13-11-,14-12-,19-17-,20-18-,24-23-,27-26-,30-29-,37-35-. The van der Waals surface area contributed by atoms with Crippen molar-refractivity contribution in [3.05, 3.63) is 109 Å².